The molecule has 1 saturated heterocycles. The lowest BCUT2D eigenvalue weighted by Crippen LogP contribution is -2.55. The van der Waals surface area contributed by atoms with Crippen LogP contribution < -0.4 is 0 Å². The summed E-state index contributed by atoms with van der Waals surface area (Å²) in [6.45, 7) is 6.83. The van der Waals surface area contributed by atoms with Crippen molar-refractivity contribution in [1.82, 2.24) is 9.80 Å². The number of carbonyl (C=O) groups is 2. The Kier molecular flexibility index (Phi) is 6.45. The molecule has 1 heterocycles. The zero-order chi connectivity index (χ0) is 19.3. The molecule has 0 bridgehead atoms. The molecule has 1 atom stereocenters. The minimum absolute atomic E-state index is 0.00876. The lowest BCUT2D eigenvalue weighted by Gasteiger charge is -2.39. The van der Waals surface area contributed by atoms with E-state index < -0.39 is 11.7 Å². The Morgan fingerprint density at radius 3 is 2.42 bits per heavy atom. The highest BCUT2D eigenvalue weighted by atomic mass is 19.4. The van der Waals surface area contributed by atoms with Crippen LogP contribution in [0.2, 0.25) is 0 Å². The number of hydrogen-bond acceptors (Lipinski definition) is 2. The number of carbonyl (C=O) groups excluding carboxylic acids is 2. The van der Waals surface area contributed by atoms with Crippen LogP contribution in [0.3, 0.4) is 0 Å². The van der Waals surface area contributed by atoms with E-state index in [9.17, 15) is 22.8 Å². The lowest BCUT2D eigenvalue weighted by atomic mass is 10.1. The van der Waals surface area contributed by atoms with Crippen LogP contribution in [0.25, 0.3) is 0 Å². The summed E-state index contributed by atoms with van der Waals surface area (Å²) in [6, 6.07) is 4.97. The fourth-order valence-corrected chi connectivity index (χ4v) is 3.09. The molecule has 0 unspecified atom stereocenters. The number of nitrogens with zero attached hydrogens (tertiary/aromatic N) is 2. The molecule has 0 spiro atoms. The van der Waals surface area contributed by atoms with Gasteiger partial charge < -0.3 is 9.80 Å². The lowest BCUT2D eigenvalue weighted by molar-refractivity contribution is -0.139. The van der Waals surface area contributed by atoms with Gasteiger partial charge in [0.2, 0.25) is 11.8 Å². The summed E-state index contributed by atoms with van der Waals surface area (Å²) >= 11 is 0. The maximum Gasteiger partial charge on any atom is 0.416 e. The molecule has 1 aliphatic rings. The molecular weight excluding hydrogens is 345 g/mol. The third kappa shape index (κ3) is 5.09. The molecule has 0 aliphatic carbocycles. The fourth-order valence-electron chi connectivity index (χ4n) is 3.09. The molecule has 1 fully saturated rings. The van der Waals surface area contributed by atoms with E-state index >= 15 is 0 Å². The van der Waals surface area contributed by atoms with E-state index in [0.29, 0.717) is 38.9 Å². The van der Waals surface area contributed by atoms with E-state index in [-0.39, 0.29) is 17.9 Å². The summed E-state index contributed by atoms with van der Waals surface area (Å²) < 4.78 is 37.6. The third-order valence-corrected chi connectivity index (χ3v) is 4.58. The van der Waals surface area contributed by atoms with Gasteiger partial charge >= 0.3 is 6.18 Å². The molecule has 142 valence electrons. The van der Waals surface area contributed by atoms with Crippen LogP contribution in [0.4, 0.5) is 13.2 Å². The number of rotatable bonds is 5. The number of halogens is 3. The van der Waals surface area contributed by atoms with Crippen molar-refractivity contribution in [3.05, 3.63) is 48.0 Å². The molecule has 1 aromatic rings. The third-order valence-electron chi connectivity index (χ3n) is 4.58. The van der Waals surface area contributed by atoms with Crippen LogP contribution in [0.5, 0.6) is 0 Å². The summed E-state index contributed by atoms with van der Waals surface area (Å²) in [5.41, 5.74) is 0.110. The fraction of sp³-hybridized carbons (Fsp3) is 0.474. The Hall–Kier alpha value is -2.31. The molecule has 7 heteroatoms. The van der Waals surface area contributed by atoms with E-state index in [1.54, 1.807) is 9.80 Å². The second-order valence-corrected chi connectivity index (χ2v) is 6.47. The second kappa shape index (κ2) is 8.38. The number of aryl methyl sites for hydroxylation is 1. The average Bonchev–Trinajstić information content (AvgIpc) is 2.60. The van der Waals surface area contributed by atoms with Crippen molar-refractivity contribution in [3.8, 4) is 0 Å². The van der Waals surface area contributed by atoms with Crippen molar-refractivity contribution in [1.29, 1.82) is 0 Å². The Morgan fingerprint density at radius 1 is 1.23 bits per heavy atom. The van der Waals surface area contributed by atoms with E-state index in [4.69, 9.17) is 0 Å². The van der Waals surface area contributed by atoms with Gasteiger partial charge in [-0.25, -0.2) is 0 Å². The van der Waals surface area contributed by atoms with Crippen molar-refractivity contribution < 1.29 is 22.8 Å². The first-order chi connectivity index (χ1) is 12.2. The predicted molar refractivity (Wildman–Crippen MR) is 92.3 cm³/mol. The topological polar surface area (TPSA) is 40.6 Å². The van der Waals surface area contributed by atoms with E-state index in [1.807, 2.05) is 6.92 Å². The Bertz CT molecular complexity index is 656. The van der Waals surface area contributed by atoms with Crippen molar-refractivity contribution in [2.45, 2.75) is 38.4 Å². The highest BCUT2D eigenvalue weighted by molar-refractivity contribution is 5.87. The van der Waals surface area contributed by atoms with Crippen molar-refractivity contribution in [2.24, 2.45) is 0 Å². The van der Waals surface area contributed by atoms with Crippen LogP contribution in [-0.4, -0.2) is 47.3 Å². The number of alkyl halides is 3. The van der Waals surface area contributed by atoms with Crippen LogP contribution >= 0.6 is 0 Å². The van der Waals surface area contributed by atoms with Gasteiger partial charge in [-0.15, -0.1) is 0 Å². The summed E-state index contributed by atoms with van der Waals surface area (Å²) in [4.78, 5) is 27.5. The highest BCUT2D eigenvalue weighted by Gasteiger charge is 2.30. The second-order valence-electron chi connectivity index (χ2n) is 6.47. The van der Waals surface area contributed by atoms with Gasteiger partial charge in [-0.1, -0.05) is 18.7 Å². The molecule has 1 aromatic carbocycles. The Morgan fingerprint density at radius 2 is 1.88 bits per heavy atom. The number of amides is 2. The Balaban J connectivity index is 1.79. The zero-order valence-corrected chi connectivity index (χ0v) is 14.8. The first-order valence-electron chi connectivity index (χ1n) is 8.59. The number of piperazine rings is 1. The van der Waals surface area contributed by atoms with E-state index in [0.717, 1.165) is 17.7 Å². The quantitative estimate of drug-likeness (QED) is 0.749. The van der Waals surface area contributed by atoms with Crippen LogP contribution in [0.1, 0.15) is 30.9 Å². The van der Waals surface area contributed by atoms with Gasteiger partial charge in [-0.3, -0.25) is 9.59 Å². The standard InChI is InChI=1S/C19H23F3N2O2/c1-3-17(25)24-12-11-23(13-14(24)2)18(26)6-4-5-15-7-9-16(10-8-15)19(20,21)22/h3,7-10,14H,1,4-6,11-13H2,2H3/t14-/m1/s1. The van der Waals surface area contributed by atoms with Crippen molar-refractivity contribution >= 4 is 11.8 Å². The summed E-state index contributed by atoms with van der Waals surface area (Å²) in [7, 11) is 0. The van der Waals surface area contributed by atoms with Gasteiger partial charge in [-0.2, -0.15) is 13.2 Å². The molecule has 0 saturated carbocycles. The van der Waals surface area contributed by atoms with Crippen molar-refractivity contribution in [2.75, 3.05) is 19.6 Å². The van der Waals surface area contributed by atoms with Gasteiger partial charge in [0, 0.05) is 32.1 Å². The monoisotopic (exact) mass is 368 g/mol. The van der Waals surface area contributed by atoms with Gasteiger partial charge in [0.15, 0.2) is 0 Å². The normalized spacial score (nSPS) is 17.9. The summed E-state index contributed by atoms with van der Waals surface area (Å²) in [6.07, 6.45) is -1.60. The number of benzene rings is 1. The van der Waals surface area contributed by atoms with Crippen molar-refractivity contribution in [3.63, 3.8) is 0 Å². The predicted octanol–water partition coefficient (Wildman–Crippen LogP) is 3.27. The van der Waals surface area contributed by atoms with Gasteiger partial charge in [0.25, 0.3) is 0 Å². The Labute approximate surface area is 151 Å². The van der Waals surface area contributed by atoms with Gasteiger partial charge in [0.05, 0.1) is 5.56 Å². The molecule has 0 radical (unpaired) electrons. The highest BCUT2D eigenvalue weighted by Crippen LogP contribution is 2.29. The molecule has 1 aliphatic heterocycles. The zero-order valence-electron chi connectivity index (χ0n) is 14.8. The first-order valence-corrected chi connectivity index (χ1v) is 8.59. The molecular formula is C19H23F3N2O2. The molecule has 26 heavy (non-hydrogen) atoms. The van der Waals surface area contributed by atoms with Crippen LogP contribution in [-0.2, 0) is 22.2 Å². The van der Waals surface area contributed by atoms with Crippen LogP contribution in [0.15, 0.2) is 36.9 Å². The minimum atomic E-state index is -4.33. The van der Waals surface area contributed by atoms with Crippen LogP contribution in [0, 0.1) is 0 Å². The largest absolute Gasteiger partial charge is 0.416 e. The van der Waals surface area contributed by atoms with Gasteiger partial charge in [0.1, 0.15) is 0 Å². The average molecular weight is 368 g/mol. The number of hydrogen-bond donors (Lipinski definition) is 0. The summed E-state index contributed by atoms with van der Waals surface area (Å²) in [5.74, 6) is -0.124. The van der Waals surface area contributed by atoms with E-state index in [2.05, 4.69) is 6.58 Å². The maximum absolute atomic E-state index is 12.5. The molecule has 4 nitrogen and oxygen atoms in total. The van der Waals surface area contributed by atoms with Gasteiger partial charge in [-0.05, 0) is 43.5 Å². The maximum atomic E-state index is 12.5. The molecule has 0 aromatic heterocycles. The molecule has 2 amide bonds. The minimum Gasteiger partial charge on any atom is -0.339 e. The molecule has 2 rings (SSSR count). The summed E-state index contributed by atoms with van der Waals surface area (Å²) in [5, 5.41) is 0. The smallest absolute Gasteiger partial charge is 0.339 e. The van der Waals surface area contributed by atoms with E-state index in [1.165, 1.54) is 18.2 Å². The SMILES string of the molecule is C=CC(=O)N1CCN(C(=O)CCCc2ccc(C(F)(F)F)cc2)C[C@H]1C. The molecule has 0 N–H and O–H groups in total. The first kappa shape index (κ1) is 20.0.